The Balaban J connectivity index is 2.27. The Kier molecular flexibility index (Phi) is 6.04. The lowest BCUT2D eigenvalue weighted by Gasteiger charge is -2.27. The van der Waals surface area contributed by atoms with E-state index >= 15 is 0 Å². The zero-order valence-corrected chi connectivity index (χ0v) is 13.9. The van der Waals surface area contributed by atoms with Crippen molar-refractivity contribution in [1.29, 1.82) is 0 Å². The monoisotopic (exact) mass is 342 g/mol. The van der Waals surface area contributed by atoms with Gasteiger partial charge in [0.1, 0.15) is 5.82 Å². The Bertz CT molecular complexity index is 435. The fourth-order valence-corrected chi connectivity index (χ4v) is 2.66. The number of aromatic nitrogens is 2. The largest absolute Gasteiger partial charge is 0.378 e. The first-order chi connectivity index (χ1) is 9.76. The molecular weight excluding hydrogens is 320 g/mol. The van der Waals surface area contributed by atoms with Gasteiger partial charge in [0, 0.05) is 19.6 Å². The number of aryl methyl sites for hydroxylation is 1. The summed E-state index contributed by atoms with van der Waals surface area (Å²) in [6.07, 6.45) is 3.11. The van der Waals surface area contributed by atoms with E-state index in [0.29, 0.717) is 0 Å². The summed E-state index contributed by atoms with van der Waals surface area (Å²) in [7, 11) is 0. The fourth-order valence-electron chi connectivity index (χ4n) is 2.15. The van der Waals surface area contributed by atoms with E-state index < -0.39 is 0 Å². The molecule has 0 aliphatic carbocycles. The predicted molar refractivity (Wildman–Crippen MR) is 85.5 cm³/mol. The minimum absolute atomic E-state index is 0.750. The third-order valence-corrected chi connectivity index (χ3v) is 4.06. The van der Waals surface area contributed by atoms with Gasteiger partial charge in [-0.2, -0.15) is 4.98 Å². The van der Waals surface area contributed by atoms with Crippen LogP contribution >= 0.6 is 15.9 Å². The quantitative estimate of drug-likeness (QED) is 0.861. The molecule has 112 valence electrons. The Morgan fingerprint density at radius 3 is 2.60 bits per heavy atom. The number of hydrogen-bond donors (Lipinski definition) is 1. The van der Waals surface area contributed by atoms with Crippen LogP contribution in [-0.2, 0) is 11.2 Å². The number of nitrogens with zero attached hydrogens (tertiary/aromatic N) is 3. The molecule has 0 bridgehead atoms. The highest BCUT2D eigenvalue weighted by molar-refractivity contribution is 9.10. The first-order valence-corrected chi connectivity index (χ1v) is 8.18. The van der Waals surface area contributed by atoms with Crippen molar-refractivity contribution in [3.63, 3.8) is 0 Å². The molecule has 1 aromatic rings. The van der Waals surface area contributed by atoms with Crippen molar-refractivity contribution in [2.75, 3.05) is 43.1 Å². The van der Waals surface area contributed by atoms with E-state index in [-0.39, 0.29) is 0 Å². The van der Waals surface area contributed by atoms with Gasteiger partial charge < -0.3 is 15.0 Å². The number of anilines is 2. The summed E-state index contributed by atoms with van der Waals surface area (Å²) in [6, 6.07) is 0. The van der Waals surface area contributed by atoms with Crippen molar-refractivity contribution in [2.45, 2.75) is 33.1 Å². The van der Waals surface area contributed by atoms with Gasteiger partial charge in [-0.15, -0.1) is 0 Å². The Hall–Kier alpha value is -0.880. The SMILES string of the molecule is CCCNc1nc(N2CCOCC2)nc(CCC)c1Br. The zero-order chi connectivity index (χ0) is 14.4. The van der Waals surface area contributed by atoms with Crippen LogP contribution in [0.4, 0.5) is 11.8 Å². The van der Waals surface area contributed by atoms with Crippen LogP contribution in [0.2, 0.25) is 0 Å². The second-order valence-corrected chi connectivity index (χ2v) is 5.70. The minimum Gasteiger partial charge on any atom is -0.378 e. The van der Waals surface area contributed by atoms with Gasteiger partial charge in [-0.3, -0.25) is 0 Å². The molecule has 6 heteroatoms. The third-order valence-electron chi connectivity index (χ3n) is 3.23. The van der Waals surface area contributed by atoms with Gasteiger partial charge in [0.05, 0.1) is 23.4 Å². The molecule has 0 radical (unpaired) electrons. The van der Waals surface area contributed by atoms with Gasteiger partial charge in [-0.1, -0.05) is 20.3 Å². The Morgan fingerprint density at radius 2 is 1.95 bits per heavy atom. The summed E-state index contributed by atoms with van der Waals surface area (Å²) < 4.78 is 6.40. The Morgan fingerprint density at radius 1 is 1.20 bits per heavy atom. The standard InChI is InChI=1S/C14H23BrN4O/c1-3-5-11-12(15)13(16-6-4-2)18-14(17-11)19-7-9-20-10-8-19/h3-10H2,1-2H3,(H,16,17,18). The Labute approximate surface area is 129 Å². The van der Waals surface area contributed by atoms with E-state index in [1.807, 2.05) is 0 Å². The number of hydrogen-bond acceptors (Lipinski definition) is 5. The molecule has 2 rings (SSSR count). The lowest BCUT2D eigenvalue weighted by atomic mass is 10.2. The molecule has 0 unspecified atom stereocenters. The summed E-state index contributed by atoms with van der Waals surface area (Å²) in [5.74, 6) is 1.73. The van der Waals surface area contributed by atoms with Crippen LogP contribution in [0.15, 0.2) is 4.47 Å². The van der Waals surface area contributed by atoms with E-state index in [9.17, 15) is 0 Å². The second-order valence-electron chi connectivity index (χ2n) is 4.91. The van der Waals surface area contributed by atoms with E-state index in [2.05, 4.69) is 45.0 Å². The number of ether oxygens (including phenoxy) is 1. The summed E-state index contributed by atoms with van der Waals surface area (Å²) in [5, 5.41) is 3.39. The van der Waals surface area contributed by atoms with Crippen molar-refractivity contribution in [2.24, 2.45) is 0 Å². The number of nitrogens with one attached hydrogen (secondary N) is 1. The lowest BCUT2D eigenvalue weighted by Crippen LogP contribution is -2.37. The van der Waals surface area contributed by atoms with Crippen LogP contribution in [0, 0.1) is 0 Å². The average Bonchev–Trinajstić information content (AvgIpc) is 2.49. The number of halogens is 1. The number of rotatable bonds is 6. The predicted octanol–water partition coefficient (Wildman–Crippen LogP) is 2.85. The molecule has 1 saturated heterocycles. The maximum absolute atomic E-state index is 5.40. The highest BCUT2D eigenvalue weighted by Crippen LogP contribution is 2.27. The molecule has 0 aromatic carbocycles. The van der Waals surface area contributed by atoms with Crippen LogP contribution in [0.3, 0.4) is 0 Å². The van der Waals surface area contributed by atoms with Gasteiger partial charge >= 0.3 is 0 Å². The van der Waals surface area contributed by atoms with Crippen molar-refractivity contribution in [3.8, 4) is 0 Å². The molecule has 0 saturated carbocycles. The zero-order valence-electron chi connectivity index (χ0n) is 12.3. The summed E-state index contributed by atoms with van der Waals surface area (Å²) in [6.45, 7) is 8.46. The highest BCUT2D eigenvalue weighted by atomic mass is 79.9. The maximum Gasteiger partial charge on any atom is 0.227 e. The first-order valence-electron chi connectivity index (χ1n) is 7.39. The molecule has 2 heterocycles. The topological polar surface area (TPSA) is 50.3 Å². The normalized spacial score (nSPS) is 15.4. The third kappa shape index (κ3) is 3.82. The molecule has 0 spiro atoms. The summed E-state index contributed by atoms with van der Waals surface area (Å²) in [5.41, 5.74) is 1.09. The lowest BCUT2D eigenvalue weighted by molar-refractivity contribution is 0.122. The van der Waals surface area contributed by atoms with Crippen molar-refractivity contribution in [1.82, 2.24) is 9.97 Å². The van der Waals surface area contributed by atoms with Gasteiger partial charge in [-0.05, 0) is 28.8 Å². The first kappa shape index (κ1) is 15.5. The fraction of sp³-hybridized carbons (Fsp3) is 0.714. The van der Waals surface area contributed by atoms with Gasteiger partial charge in [0.2, 0.25) is 5.95 Å². The maximum atomic E-state index is 5.40. The van der Waals surface area contributed by atoms with Crippen LogP contribution in [0.25, 0.3) is 0 Å². The van der Waals surface area contributed by atoms with Crippen LogP contribution in [0.1, 0.15) is 32.4 Å². The van der Waals surface area contributed by atoms with Crippen LogP contribution in [0.5, 0.6) is 0 Å². The van der Waals surface area contributed by atoms with Gasteiger partial charge in [-0.25, -0.2) is 4.98 Å². The van der Waals surface area contributed by atoms with Crippen molar-refractivity contribution in [3.05, 3.63) is 10.2 Å². The van der Waals surface area contributed by atoms with Crippen molar-refractivity contribution < 1.29 is 4.74 Å². The molecule has 1 fully saturated rings. The average molecular weight is 343 g/mol. The molecule has 20 heavy (non-hydrogen) atoms. The van der Waals surface area contributed by atoms with E-state index in [1.165, 1.54) is 0 Å². The van der Waals surface area contributed by atoms with E-state index in [0.717, 1.165) is 74.0 Å². The second kappa shape index (κ2) is 7.78. The van der Waals surface area contributed by atoms with E-state index in [1.54, 1.807) is 0 Å². The molecule has 1 N–H and O–H groups in total. The molecule has 1 aliphatic heterocycles. The van der Waals surface area contributed by atoms with Gasteiger partial charge in [0.15, 0.2) is 0 Å². The molecular formula is C14H23BrN4O. The van der Waals surface area contributed by atoms with Gasteiger partial charge in [0.25, 0.3) is 0 Å². The van der Waals surface area contributed by atoms with E-state index in [4.69, 9.17) is 9.72 Å². The molecule has 0 amide bonds. The smallest absolute Gasteiger partial charge is 0.227 e. The molecule has 1 aromatic heterocycles. The molecule has 1 aliphatic rings. The summed E-state index contributed by atoms with van der Waals surface area (Å²) in [4.78, 5) is 11.6. The molecule has 0 atom stereocenters. The van der Waals surface area contributed by atoms with Crippen LogP contribution < -0.4 is 10.2 Å². The minimum atomic E-state index is 0.750. The molecule has 5 nitrogen and oxygen atoms in total. The highest BCUT2D eigenvalue weighted by Gasteiger charge is 2.18. The number of morpholine rings is 1. The van der Waals surface area contributed by atoms with Crippen LogP contribution in [-0.4, -0.2) is 42.8 Å². The summed E-state index contributed by atoms with van der Waals surface area (Å²) >= 11 is 3.64. The van der Waals surface area contributed by atoms with Crippen molar-refractivity contribution >= 4 is 27.7 Å².